The van der Waals surface area contributed by atoms with E-state index in [0.717, 1.165) is 6.42 Å². The molecule has 0 amide bonds. The molecule has 18 heavy (non-hydrogen) atoms. The van der Waals surface area contributed by atoms with Crippen molar-refractivity contribution in [2.45, 2.75) is 58.0 Å². The van der Waals surface area contributed by atoms with Crippen molar-refractivity contribution in [1.29, 1.82) is 0 Å². The van der Waals surface area contributed by atoms with Gasteiger partial charge in [0, 0.05) is 11.2 Å². The van der Waals surface area contributed by atoms with Crippen molar-refractivity contribution in [3.8, 4) is 0 Å². The average molecular weight is 264 g/mol. The van der Waals surface area contributed by atoms with Crippen LogP contribution in [0.25, 0.3) is 0 Å². The molecule has 0 heterocycles. The Morgan fingerprint density at radius 2 is 2.06 bits per heavy atom. The maximum absolute atomic E-state index is 4.23. The highest BCUT2D eigenvalue weighted by atomic mass is 32.2. The molecule has 0 fully saturated rings. The largest absolute Gasteiger partial charge is 0.151 e. The predicted molar refractivity (Wildman–Crippen MR) is 86.1 cm³/mol. The number of hydrogen-bond donors (Lipinski definition) is 0. The van der Waals surface area contributed by atoms with Crippen LogP contribution in [-0.2, 0) is 0 Å². The second kappa shape index (κ2) is 7.23. The molecule has 1 aliphatic rings. The van der Waals surface area contributed by atoms with E-state index in [1.54, 1.807) is 0 Å². The third-order valence-electron chi connectivity index (χ3n) is 3.53. The lowest BCUT2D eigenvalue weighted by Gasteiger charge is -2.25. The number of hydrogen-bond acceptors (Lipinski definition) is 1. The summed E-state index contributed by atoms with van der Waals surface area (Å²) in [7, 11) is 0. The van der Waals surface area contributed by atoms with Crippen molar-refractivity contribution >= 4 is 11.8 Å². The molecular weight excluding hydrogens is 236 g/mol. The van der Waals surface area contributed by atoms with Crippen molar-refractivity contribution in [1.82, 2.24) is 0 Å². The molecule has 2 atom stereocenters. The monoisotopic (exact) mass is 264 g/mol. The van der Waals surface area contributed by atoms with E-state index in [-0.39, 0.29) is 0 Å². The maximum Gasteiger partial charge on any atom is 0.0293 e. The Bertz CT molecular complexity index is 334. The van der Waals surface area contributed by atoms with Gasteiger partial charge in [-0.25, -0.2) is 0 Å². The molecule has 0 saturated heterocycles. The minimum atomic E-state index is 0.551. The molecule has 0 aromatic carbocycles. The van der Waals surface area contributed by atoms with E-state index in [1.807, 2.05) is 0 Å². The van der Waals surface area contributed by atoms with E-state index in [1.165, 1.54) is 17.6 Å². The Kier molecular flexibility index (Phi) is 6.28. The van der Waals surface area contributed by atoms with Gasteiger partial charge in [0.15, 0.2) is 0 Å². The number of thioether (sulfide) groups is 1. The lowest BCUT2D eigenvalue weighted by molar-refractivity contribution is 0.630. The first-order chi connectivity index (χ1) is 8.45. The molecule has 1 rings (SSSR count). The van der Waals surface area contributed by atoms with Gasteiger partial charge in [0.05, 0.1) is 0 Å². The summed E-state index contributed by atoms with van der Waals surface area (Å²) in [5.74, 6) is 1.14. The summed E-state index contributed by atoms with van der Waals surface area (Å²) in [5, 5.41) is 1.36. The van der Waals surface area contributed by atoms with Crippen LogP contribution in [0.5, 0.6) is 0 Å². The van der Waals surface area contributed by atoms with Crippen molar-refractivity contribution in [3.05, 3.63) is 36.0 Å². The summed E-state index contributed by atoms with van der Waals surface area (Å²) in [5.41, 5.74) is 2.88. The fourth-order valence-electron chi connectivity index (χ4n) is 2.32. The zero-order valence-electron chi connectivity index (χ0n) is 12.6. The summed E-state index contributed by atoms with van der Waals surface area (Å²) in [6, 6.07) is 0. The van der Waals surface area contributed by atoms with Gasteiger partial charge in [-0.1, -0.05) is 65.0 Å². The normalized spacial score (nSPS) is 21.3. The molecule has 0 N–H and O–H groups in total. The van der Waals surface area contributed by atoms with Gasteiger partial charge >= 0.3 is 0 Å². The van der Waals surface area contributed by atoms with Crippen LogP contribution in [-0.4, -0.2) is 10.5 Å². The maximum atomic E-state index is 4.23. The molecule has 0 bridgehead atoms. The Morgan fingerprint density at radius 1 is 1.39 bits per heavy atom. The van der Waals surface area contributed by atoms with E-state index in [2.05, 4.69) is 71.2 Å². The first-order valence-corrected chi connectivity index (χ1v) is 8.12. The van der Waals surface area contributed by atoms with E-state index < -0.39 is 0 Å². The molecule has 102 valence electrons. The van der Waals surface area contributed by atoms with Crippen LogP contribution in [0.4, 0.5) is 0 Å². The van der Waals surface area contributed by atoms with E-state index >= 15 is 0 Å². The van der Waals surface area contributed by atoms with Crippen LogP contribution in [0, 0.1) is 11.8 Å². The van der Waals surface area contributed by atoms with Crippen molar-refractivity contribution < 1.29 is 0 Å². The van der Waals surface area contributed by atoms with Gasteiger partial charge in [-0.3, -0.25) is 0 Å². The Balaban J connectivity index is 2.64. The van der Waals surface area contributed by atoms with Gasteiger partial charge in [0.25, 0.3) is 0 Å². The summed E-state index contributed by atoms with van der Waals surface area (Å²) in [6.45, 7) is 15.5. The third kappa shape index (κ3) is 4.35. The molecular formula is C17H28S. The number of allylic oxidation sites excluding steroid dienone is 4. The molecule has 0 aromatic heterocycles. The van der Waals surface area contributed by atoms with Crippen molar-refractivity contribution in [3.63, 3.8) is 0 Å². The second-order valence-corrected chi connectivity index (χ2v) is 7.50. The number of rotatable bonds is 6. The van der Waals surface area contributed by atoms with Gasteiger partial charge in [0.2, 0.25) is 0 Å². The molecule has 1 heteroatoms. The lowest BCUT2D eigenvalue weighted by Crippen LogP contribution is -2.13. The molecule has 0 spiro atoms. The summed E-state index contributed by atoms with van der Waals surface area (Å²) >= 11 is 2.08. The van der Waals surface area contributed by atoms with Crippen LogP contribution < -0.4 is 0 Å². The SMILES string of the molecule is C=C(C(C)C)C1C=CC(C(CC)SC(C)C)=CC1. The van der Waals surface area contributed by atoms with Crippen molar-refractivity contribution in [2.75, 3.05) is 0 Å². The minimum absolute atomic E-state index is 0.551. The van der Waals surface area contributed by atoms with Gasteiger partial charge in [-0.2, -0.15) is 11.8 Å². The van der Waals surface area contributed by atoms with Gasteiger partial charge in [-0.05, 0) is 29.6 Å². The predicted octanol–water partition coefficient (Wildman–Crippen LogP) is 5.62. The Labute approximate surface area is 118 Å². The van der Waals surface area contributed by atoms with Crippen LogP contribution in [0.1, 0.15) is 47.5 Å². The average Bonchev–Trinajstić information content (AvgIpc) is 2.35. The molecule has 0 saturated carbocycles. The van der Waals surface area contributed by atoms with E-state index in [4.69, 9.17) is 0 Å². The van der Waals surface area contributed by atoms with Crippen molar-refractivity contribution in [2.24, 2.45) is 11.8 Å². The zero-order valence-corrected chi connectivity index (χ0v) is 13.4. The quantitative estimate of drug-likeness (QED) is 0.561. The Hall–Kier alpha value is -0.430. The fraction of sp³-hybridized carbons (Fsp3) is 0.647. The minimum Gasteiger partial charge on any atom is -0.151 e. The fourth-order valence-corrected chi connectivity index (χ4v) is 3.50. The molecule has 0 aromatic rings. The van der Waals surface area contributed by atoms with E-state index in [0.29, 0.717) is 22.3 Å². The molecule has 0 radical (unpaired) electrons. The lowest BCUT2D eigenvalue weighted by atomic mass is 9.84. The molecule has 0 aliphatic heterocycles. The van der Waals surface area contributed by atoms with Crippen LogP contribution in [0.2, 0.25) is 0 Å². The van der Waals surface area contributed by atoms with Gasteiger partial charge in [0.1, 0.15) is 0 Å². The highest BCUT2D eigenvalue weighted by Gasteiger charge is 2.19. The Morgan fingerprint density at radius 3 is 2.44 bits per heavy atom. The molecule has 0 nitrogen and oxygen atoms in total. The van der Waals surface area contributed by atoms with Crippen LogP contribution >= 0.6 is 11.8 Å². The molecule has 2 unspecified atom stereocenters. The van der Waals surface area contributed by atoms with Crippen LogP contribution in [0.15, 0.2) is 36.0 Å². The zero-order chi connectivity index (χ0) is 13.7. The third-order valence-corrected chi connectivity index (χ3v) is 5.00. The standard InChI is InChI=1S/C17H28S/c1-7-17(18-13(4)5)16-10-8-15(9-11-16)14(6)12(2)3/h8,10-13,15,17H,6-7,9H2,1-5H3. The van der Waals surface area contributed by atoms with Gasteiger partial charge in [-0.15, -0.1) is 0 Å². The summed E-state index contributed by atoms with van der Waals surface area (Å²) in [6.07, 6.45) is 9.49. The summed E-state index contributed by atoms with van der Waals surface area (Å²) < 4.78 is 0. The summed E-state index contributed by atoms with van der Waals surface area (Å²) in [4.78, 5) is 0. The highest BCUT2D eigenvalue weighted by molar-refractivity contribution is 8.00. The first-order valence-electron chi connectivity index (χ1n) is 7.18. The first kappa shape index (κ1) is 15.6. The second-order valence-electron chi connectivity index (χ2n) is 5.72. The highest BCUT2D eigenvalue weighted by Crippen LogP contribution is 2.33. The smallest absolute Gasteiger partial charge is 0.0293 e. The topological polar surface area (TPSA) is 0 Å². The van der Waals surface area contributed by atoms with Crippen LogP contribution in [0.3, 0.4) is 0 Å². The van der Waals surface area contributed by atoms with Gasteiger partial charge < -0.3 is 0 Å². The molecule has 1 aliphatic carbocycles. The van der Waals surface area contributed by atoms with E-state index in [9.17, 15) is 0 Å².